The van der Waals surface area contributed by atoms with E-state index in [1.807, 2.05) is 25.1 Å². The molecule has 0 saturated heterocycles. The van der Waals surface area contributed by atoms with Gasteiger partial charge in [0, 0.05) is 17.6 Å². The number of Topliss-reactive ketones (excluding diaryl/α,β-unsaturated/α-hetero) is 1. The molecule has 2 heterocycles. The van der Waals surface area contributed by atoms with Gasteiger partial charge in [0.15, 0.2) is 5.13 Å². The molecule has 0 aliphatic carbocycles. The van der Waals surface area contributed by atoms with E-state index in [2.05, 4.69) is 4.98 Å². The molecule has 26 heavy (non-hydrogen) atoms. The van der Waals surface area contributed by atoms with E-state index in [1.165, 1.54) is 0 Å². The van der Waals surface area contributed by atoms with E-state index in [0.29, 0.717) is 17.9 Å². The number of ketones is 1. The molecule has 0 saturated carbocycles. The van der Waals surface area contributed by atoms with Gasteiger partial charge in [-0.1, -0.05) is 18.2 Å². The third-order valence-corrected chi connectivity index (χ3v) is 5.24. The number of aromatic nitrogens is 1. The molecule has 0 radical (unpaired) electrons. The van der Waals surface area contributed by atoms with Crippen LogP contribution in [0.4, 0.5) is 5.13 Å². The lowest BCUT2D eigenvalue weighted by molar-refractivity contribution is -0.139. The average molecular weight is 374 g/mol. The summed E-state index contributed by atoms with van der Waals surface area (Å²) in [6.45, 7) is 1.90. The monoisotopic (exact) mass is 374 g/mol. The van der Waals surface area contributed by atoms with Crippen LogP contribution >= 0.6 is 11.3 Å². The summed E-state index contributed by atoms with van der Waals surface area (Å²) >= 11 is 1.16. The number of rotatable bonds is 6. The van der Waals surface area contributed by atoms with Crippen molar-refractivity contribution in [3.8, 4) is 5.75 Å². The number of carbonyl (C=O) groups excluding carboxylic acids is 1. The van der Waals surface area contributed by atoms with Gasteiger partial charge in [0.05, 0.1) is 18.0 Å². The molecular formula is C17H19BN2O5S. The van der Waals surface area contributed by atoms with Crippen molar-refractivity contribution in [2.75, 3.05) is 5.73 Å². The first-order valence-corrected chi connectivity index (χ1v) is 9.11. The summed E-state index contributed by atoms with van der Waals surface area (Å²) in [4.78, 5) is 28.0. The maximum atomic E-state index is 12.8. The summed E-state index contributed by atoms with van der Waals surface area (Å²) in [5.74, 6) is -2.05. The van der Waals surface area contributed by atoms with Crippen molar-refractivity contribution in [2.24, 2.45) is 0 Å². The second kappa shape index (κ2) is 7.47. The van der Waals surface area contributed by atoms with Crippen LogP contribution < -0.4 is 10.4 Å². The summed E-state index contributed by atoms with van der Waals surface area (Å²) in [5.41, 5.74) is 7.83. The Kier molecular flexibility index (Phi) is 5.29. The third-order valence-electron chi connectivity index (χ3n) is 4.54. The van der Waals surface area contributed by atoms with Crippen molar-refractivity contribution in [1.82, 2.24) is 4.98 Å². The number of nitrogens with zero attached hydrogens (tertiary/aromatic N) is 1. The topological polar surface area (TPSA) is 123 Å². The van der Waals surface area contributed by atoms with Crippen molar-refractivity contribution >= 4 is 35.3 Å². The molecule has 0 amide bonds. The van der Waals surface area contributed by atoms with E-state index in [9.17, 15) is 14.6 Å². The maximum Gasteiger partial charge on any atom is 0.526 e. The van der Waals surface area contributed by atoms with Gasteiger partial charge in [0.2, 0.25) is 0 Å². The Balaban J connectivity index is 1.78. The molecule has 1 unspecified atom stereocenters. The second-order valence-electron chi connectivity index (χ2n) is 6.47. The number of aliphatic carboxylic acids is 1. The van der Waals surface area contributed by atoms with Crippen molar-refractivity contribution < 1.29 is 24.4 Å². The molecule has 1 aromatic carbocycles. The molecule has 0 spiro atoms. The lowest BCUT2D eigenvalue weighted by Gasteiger charge is -2.28. The molecule has 3 rings (SSSR count). The standard InChI is InChI=1S/C17H19BN2O5S/c1-9-3-2-4-10-5-11(18(24)25-16(9)10)6-14(21)12(7-15(22)23)13-8-26-17(19)20-13/h2-4,8,11-12,24H,5-7H2,1H3,(H2,19,20)(H,22,23)/t11-,12?/m1/s1. The first-order valence-electron chi connectivity index (χ1n) is 8.23. The number of carbonyl (C=O) groups is 2. The molecule has 0 fully saturated rings. The molecule has 2 atom stereocenters. The van der Waals surface area contributed by atoms with E-state index >= 15 is 0 Å². The predicted molar refractivity (Wildman–Crippen MR) is 98.4 cm³/mol. The summed E-state index contributed by atoms with van der Waals surface area (Å²) in [7, 11) is -1.11. The highest BCUT2D eigenvalue weighted by Crippen LogP contribution is 2.37. The van der Waals surface area contributed by atoms with Crippen LogP contribution in [-0.4, -0.2) is 34.0 Å². The summed E-state index contributed by atoms with van der Waals surface area (Å²) in [6.07, 6.45) is 0.133. The van der Waals surface area contributed by atoms with Crippen LogP contribution in [0.2, 0.25) is 5.82 Å². The van der Waals surface area contributed by atoms with Crippen molar-refractivity contribution in [3.05, 3.63) is 40.4 Å². The lowest BCUT2D eigenvalue weighted by atomic mass is 9.63. The Bertz CT molecular complexity index is 840. The zero-order valence-corrected chi connectivity index (χ0v) is 15.0. The molecule has 9 heteroatoms. The number of anilines is 1. The Morgan fingerprint density at radius 2 is 2.27 bits per heavy atom. The maximum absolute atomic E-state index is 12.8. The fourth-order valence-electron chi connectivity index (χ4n) is 3.24. The Labute approximate surface area is 155 Å². The first kappa shape index (κ1) is 18.4. The van der Waals surface area contributed by atoms with E-state index in [4.69, 9.17) is 15.5 Å². The van der Waals surface area contributed by atoms with Crippen molar-refractivity contribution in [1.29, 1.82) is 0 Å². The SMILES string of the molecule is Cc1cccc2c1OB(O)[C@@H](CC(=O)C(CC(=O)O)c1csc(N)n1)C2. The Morgan fingerprint density at radius 1 is 1.50 bits per heavy atom. The Hall–Kier alpha value is -2.39. The Morgan fingerprint density at radius 3 is 2.92 bits per heavy atom. The van der Waals surface area contributed by atoms with Gasteiger partial charge in [-0.15, -0.1) is 11.3 Å². The normalized spacial score (nSPS) is 17.3. The zero-order valence-electron chi connectivity index (χ0n) is 14.2. The highest BCUT2D eigenvalue weighted by atomic mass is 32.1. The van der Waals surface area contributed by atoms with Gasteiger partial charge in [0.1, 0.15) is 11.5 Å². The lowest BCUT2D eigenvalue weighted by Crippen LogP contribution is -2.36. The quantitative estimate of drug-likeness (QED) is 0.661. The van der Waals surface area contributed by atoms with Crippen LogP contribution in [0.1, 0.15) is 35.6 Å². The van der Waals surface area contributed by atoms with Crippen LogP contribution in [0.3, 0.4) is 0 Å². The smallest absolute Gasteiger partial charge is 0.526 e. The summed E-state index contributed by atoms with van der Waals surface area (Å²) in [6, 6.07) is 5.70. The highest BCUT2D eigenvalue weighted by molar-refractivity contribution is 7.13. The number of nitrogen functional groups attached to an aromatic ring is 1. The number of benzene rings is 1. The van der Waals surface area contributed by atoms with Gasteiger partial charge in [-0.2, -0.15) is 0 Å². The number of hydrogen-bond acceptors (Lipinski definition) is 7. The molecular weight excluding hydrogens is 355 g/mol. The predicted octanol–water partition coefficient (Wildman–Crippen LogP) is 2.04. The molecule has 1 aromatic heterocycles. The fourth-order valence-corrected chi connectivity index (χ4v) is 3.85. The number of aryl methyl sites for hydroxylation is 1. The van der Waals surface area contributed by atoms with Gasteiger partial charge < -0.3 is 20.5 Å². The van der Waals surface area contributed by atoms with Crippen molar-refractivity contribution in [2.45, 2.75) is 37.9 Å². The molecule has 136 valence electrons. The number of carboxylic acid groups (broad SMARTS) is 1. The second-order valence-corrected chi connectivity index (χ2v) is 7.36. The summed E-state index contributed by atoms with van der Waals surface area (Å²) < 4.78 is 5.60. The minimum atomic E-state index is -1.11. The van der Waals surface area contributed by atoms with E-state index < -0.39 is 24.8 Å². The molecule has 1 aliphatic rings. The van der Waals surface area contributed by atoms with E-state index in [1.54, 1.807) is 5.38 Å². The van der Waals surface area contributed by atoms with Gasteiger partial charge in [-0.25, -0.2) is 4.98 Å². The van der Waals surface area contributed by atoms with Crippen LogP contribution in [0.25, 0.3) is 0 Å². The van der Waals surface area contributed by atoms with Crippen LogP contribution in [0, 0.1) is 6.92 Å². The van der Waals surface area contributed by atoms with E-state index in [0.717, 1.165) is 22.5 Å². The number of fused-ring (bicyclic) bond motifs is 1. The highest BCUT2D eigenvalue weighted by Gasteiger charge is 2.38. The minimum absolute atomic E-state index is 0.00390. The number of hydrogen-bond donors (Lipinski definition) is 3. The van der Waals surface area contributed by atoms with Crippen LogP contribution in [0.5, 0.6) is 5.75 Å². The summed E-state index contributed by atoms with van der Waals surface area (Å²) in [5, 5.41) is 21.3. The molecule has 1 aliphatic heterocycles. The molecule has 2 aromatic rings. The zero-order chi connectivity index (χ0) is 18.8. The first-order chi connectivity index (χ1) is 12.3. The number of para-hydroxylation sites is 1. The number of carboxylic acids is 1. The number of nitrogens with two attached hydrogens (primary N) is 1. The van der Waals surface area contributed by atoms with Crippen LogP contribution in [-0.2, 0) is 16.0 Å². The van der Waals surface area contributed by atoms with Crippen molar-refractivity contribution in [3.63, 3.8) is 0 Å². The largest absolute Gasteiger partial charge is 0.536 e. The molecule has 4 N–H and O–H groups in total. The average Bonchev–Trinajstić information content (AvgIpc) is 3.00. The number of thiazole rings is 1. The molecule has 0 bridgehead atoms. The van der Waals surface area contributed by atoms with Gasteiger partial charge >= 0.3 is 13.1 Å². The van der Waals surface area contributed by atoms with E-state index in [-0.39, 0.29) is 23.8 Å². The third kappa shape index (κ3) is 3.89. The molecule has 7 nitrogen and oxygen atoms in total. The van der Waals surface area contributed by atoms with Gasteiger partial charge in [0.25, 0.3) is 0 Å². The fraction of sp³-hybridized carbons (Fsp3) is 0.353. The van der Waals surface area contributed by atoms with Gasteiger partial charge in [-0.05, 0) is 24.5 Å². The minimum Gasteiger partial charge on any atom is -0.536 e. The van der Waals surface area contributed by atoms with Gasteiger partial charge in [-0.3, -0.25) is 9.59 Å². The van der Waals surface area contributed by atoms with Crippen LogP contribution in [0.15, 0.2) is 23.6 Å².